The first-order valence-electron chi connectivity index (χ1n) is 10.2. The van der Waals surface area contributed by atoms with Crippen LogP contribution in [-0.4, -0.2) is 44.2 Å². The van der Waals surface area contributed by atoms with E-state index in [9.17, 15) is 18.0 Å². The number of piperidine rings is 1. The van der Waals surface area contributed by atoms with Crippen LogP contribution in [0.2, 0.25) is 0 Å². The van der Waals surface area contributed by atoms with Crippen LogP contribution in [0.5, 0.6) is 0 Å². The Labute approximate surface area is 181 Å². The summed E-state index contributed by atoms with van der Waals surface area (Å²) in [5, 5.41) is 1.67. The van der Waals surface area contributed by atoms with Crippen molar-refractivity contribution in [1.82, 2.24) is 4.31 Å². The molecule has 4 rings (SSSR count). The van der Waals surface area contributed by atoms with Gasteiger partial charge in [0, 0.05) is 18.7 Å². The van der Waals surface area contributed by atoms with E-state index < -0.39 is 28.4 Å². The van der Waals surface area contributed by atoms with Crippen molar-refractivity contribution in [3.05, 3.63) is 77.9 Å². The molecule has 0 atom stereocenters. The van der Waals surface area contributed by atoms with Gasteiger partial charge in [-0.25, -0.2) is 13.2 Å². The number of carbonyl (C=O) groups is 2. The summed E-state index contributed by atoms with van der Waals surface area (Å²) in [7, 11) is -3.55. The second-order valence-corrected chi connectivity index (χ2v) is 9.45. The van der Waals surface area contributed by atoms with Gasteiger partial charge < -0.3 is 4.74 Å². The van der Waals surface area contributed by atoms with Crippen molar-refractivity contribution in [3.63, 3.8) is 0 Å². The van der Waals surface area contributed by atoms with Crippen LogP contribution in [-0.2, 0) is 14.8 Å². The van der Waals surface area contributed by atoms with E-state index in [0.29, 0.717) is 24.2 Å². The summed E-state index contributed by atoms with van der Waals surface area (Å²) < 4.78 is 32.2. The maximum atomic E-state index is 12.7. The van der Waals surface area contributed by atoms with E-state index >= 15 is 0 Å². The molecule has 1 saturated heterocycles. The molecule has 0 N–H and O–H groups in total. The number of ketones is 1. The second kappa shape index (κ2) is 8.99. The largest absolute Gasteiger partial charge is 0.454 e. The molecule has 0 aromatic heterocycles. The molecule has 1 aliphatic heterocycles. The molecule has 160 valence electrons. The standard InChI is InChI=1S/C24H23NO5S/c26-23(17-30-24(27)22-10-6-8-18-7-2-3-9-21(18)22)19-11-13-20(14-12-19)31(28,29)25-15-4-1-5-16-25/h2-3,6-14H,1,4-5,15-17H2. The number of benzene rings is 3. The first kappa shape index (κ1) is 21.2. The van der Waals surface area contributed by atoms with Gasteiger partial charge in [-0.1, -0.05) is 42.8 Å². The minimum Gasteiger partial charge on any atom is -0.454 e. The van der Waals surface area contributed by atoms with E-state index in [1.54, 1.807) is 12.1 Å². The second-order valence-electron chi connectivity index (χ2n) is 7.52. The third-order valence-corrected chi connectivity index (χ3v) is 7.39. The van der Waals surface area contributed by atoms with E-state index in [1.807, 2.05) is 30.3 Å². The van der Waals surface area contributed by atoms with Crippen LogP contribution in [0.25, 0.3) is 10.8 Å². The SMILES string of the molecule is O=C(COC(=O)c1cccc2ccccc12)c1ccc(S(=O)(=O)N2CCCCC2)cc1. The van der Waals surface area contributed by atoms with Crippen LogP contribution in [0.1, 0.15) is 40.0 Å². The lowest BCUT2D eigenvalue weighted by molar-refractivity contribution is 0.0476. The molecule has 0 spiro atoms. The Bertz CT molecular complexity index is 1210. The third kappa shape index (κ3) is 4.52. The number of carbonyl (C=O) groups excluding carboxylic acids is 2. The molecule has 1 aliphatic rings. The van der Waals surface area contributed by atoms with Gasteiger partial charge in [-0.05, 0) is 53.9 Å². The van der Waals surface area contributed by atoms with Crippen LogP contribution < -0.4 is 0 Å². The Morgan fingerprint density at radius 2 is 1.52 bits per heavy atom. The molecule has 1 heterocycles. The van der Waals surface area contributed by atoms with Gasteiger partial charge >= 0.3 is 5.97 Å². The molecule has 31 heavy (non-hydrogen) atoms. The van der Waals surface area contributed by atoms with Crippen LogP contribution in [0, 0.1) is 0 Å². The fourth-order valence-corrected chi connectivity index (χ4v) is 5.28. The summed E-state index contributed by atoms with van der Waals surface area (Å²) >= 11 is 0. The first-order valence-corrected chi connectivity index (χ1v) is 11.7. The number of sulfonamides is 1. The molecule has 0 bridgehead atoms. The minimum atomic E-state index is -3.55. The van der Waals surface area contributed by atoms with Gasteiger partial charge in [-0.3, -0.25) is 4.79 Å². The van der Waals surface area contributed by atoms with Gasteiger partial charge in [-0.2, -0.15) is 4.31 Å². The number of esters is 1. The van der Waals surface area contributed by atoms with Crippen molar-refractivity contribution in [2.75, 3.05) is 19.7 Å². The molecule has 3 aromatic carbocycles. The summed E-state index contributed by atoms with van der Waals surface area (Å²) in [5.74, 6) is -0.968. The highest BCUT2D eigenvalue weighted by molar-refractivity contribution is 7.89. The Morgan fingerprint density at radius 3 is 2.26 bits per heavy atom. The number of hydrogen-bond donors (Lipinski definition) is 0. The van der Waals surface area contributed by atoms with Crippen LogP contribution in [0.3, 0.4) is 0 Å². The quantitative estimate of drug-likeness (QED) is 0.429. The molecular formula is C24H23NO5S. The van der Waals surface area contributed by atoms with Crippen molar-refractivity contribution in [2.45, 2.75) is 24.2 Å². The average Bonchev–Trinajstić information content (AvgIpc) is 2.82. The van der Waals surface area contributed by atoms with Crippen molar-refractivity contribution < 1.29 is 22.7 Å². The number of nitrogens with zero attached hydrogens (tertiary/aromatic N) is 1. The zero-order valence-electron chi connectivity index (χ0n) is 17.0. The molecular weight excluding hydrogens is 414 g/mol. The maximum absolute atomic E-state index is 12.7. The zero-order chi connectivity index (χ0) is 21.8. The van der Waals surface area contributed by atoms with Gasteiger partial charge in [0.05, 0.1) is 10.5 Å². The topological polar surface area (TPSA) is 80.8 Å². The highest BCUT2D eigenvalue weighted by Crippen LogP contribution is 2.22. The van der Waals surface area contributed by atoms with E-state index in [1.165, 1.54) is 28.6 Å². The predicted molar refractivity (Wildman–Crippen MR) is 118 cm³/mol. The molecule has 0 radical (unpaired) electrons. The Kier molecular flexibility index (Phi) is 6.15. The van der Waals surface area contributed by atoms with Crippen LogP contribution >= 0.6 is 0 Å². The first-order chi connectivity index (χ1) is 15.0. The lowest BCUT2D eigenvalue weighted by Crippen LogP contribution is -2.35. The van der Waals surface area contributed by atoms with Gasteiger partial charge in [0.15, 0.2) is 12.4 Å². The lowest BCUT2D eigenvalue weighted by Gasteiger charge is -2.25. The number of hydrogen-bond acceptors (Lipinski definition) is 5. The van der Waals surface area contributed by atoms with Crippen molar-refractivity contribution >= 4 is 32.5 Å². The van der Waals surface area contributed by atoms with Crippen molar-refractivity contribution in [1.29, 1.82) is 0 Å². The normalized spacial score (nSPS) is 15.0. The van der Waals surface area contributed by atoms with E-state index in [4.69, 9.17) is 4.74 Å². The van der Waals surface area contributed by atoms with Crippen LogP contribution in [0.4, 0.5) is 0 Å². The fourth-order valence-electron chi connectivity index (χ4n) is 3.76. The lowest BCUT2D eigenvalue weighted by atomic mass is 10.0. The molecule has 0 saturated carbocycles. The zero-order valence-corrected chi connectivity index (χ0v) is 17.8. The summed E-state index contributed by atoms with van der Waals surface area (Å²) in [4.78, 5) is 25.1. The van der Waals surface area contributed by atoms with Crippen molar-refractivity contribution in [2.24, 2.45) is 0 Å². The summed E-state index contributed by atoms with van der Waals surface area (Å²) in [6.07, 6.45) is 2.76. The summed E-state index contributed by atoms with van der Waals surface area (Å²) in [5.41, 5.74) is 0.692. The van der Waals surface area contributed by atoms with Gasteiger partial charge in [-0.15, -0.1) is 0 Å². The third-order valence-electron chi connectivity index (χ3n) is 5.47. The van der Waals surface area contributed by atoms with E-state index in [2.05, 4.69) is 0 Å². The number of rotatable bonds is 6. The fraction of sp³-hybridized carbons (Fsp3) is 0.250. The van der Waals surface area contributed by atoms with Crippen molar-refractivity contribution in [3.8, 4) is 0 Å². The van der Waals surface area contributed by atoms with Gasteiger partial charge in [0.2, 0.25) is 10.0 Å². The van der Waals surface area contributed by atoms with Crippen LogP contribution in [0.15, 0.2) is 71.6 Å². The molecule has 3 aromatic rings. The maximum Gasteiger partial charge on any atom is 0.339 e. The molecule has 6 nitrogen and oxygen atoms in total. The van der Waals surface area contributed by atoms with E-state index in [0.717, 1.165) is 30.0 Å². The molecule has 7 heteroatoms. The average molecular weight is 438 g/mol. The molecule has 1 fully saturated rings. The highest BCUT2D eigenvalue weighted by Gasteiger charge is 2.26. The number of fused-ring (bicyclic) bond motifs is 1. The molecule has 0 unspecified atom stereocenters. The Hall–Kier alpha value is -3.03. The summed E-state index contributed by atoms with van der Waals surface area (Å²) in [6, 6.07) is 18.6. The number of ether oxygens (including phenoxy) is 1. The molecule has 0 amide bonds. The molecule has 0 aliphatic carbocycles. The van der Waals surface area contributed by atoms with Gasteiger partial charge in [0.25, 0.3) is 0 Å². The minimum absolute atomic E-state index is 0.165. The Balaban J connectivity index is 1.42. The smallest absolute Gasteiger partial charge is 0.339 e. The van der Waals surface area contributed by atoms with Gasteiger partial charge in [0.1, 0.15) is 0 Å². The summed E-state index contributed by atoms with van der Waals surface area (Å²) in [6.45, 7) is 0.626. The monoisotopic (exact) mass is 437 g/mol. The Morgan fingerprint density at radius 1 is 0.839 bits per heavy atom. The highest BCUT2D eigenvalue weighted by atomic mass is 32.2. The van der Waals surface area contributed by atoms with E-state index in [-0.39, 0.29) is 4.90 Å². The number of Topliss-reactive ketones (excluding diaryl/α,β-unsaturated/α-hetero) is 1. The predicted octanol–water partition coefficient (Wildman–Crippen LogP) is 4.05.